The van der Waals surface area contributed by atoms with Crippen LogP contribution < -0.4 is 5.73 Å². The standard InChI is InChI=1S/C9H13NS/c10-7-4-6-9-5-2-1-3-8-11-9/h1-3,5,8H,4,6-7,10H2. The molecule has 1 rings (SSSR count). The van der Waals surface area contributed by atoms with E-state index in [1.54, 1.807) is 11.8 Å². The second-order valence-corrected chi connectivity index (χ2v) is 3.39. The van der Waals surface area contributed by atoms with Gasteiger partial charge in [-0.3, -0.25) is 0 Å². The highest BCUT2D eigenvalue weighted by atomic mass is 32.2. The van der Waals surface area contributed by atoms with E-state index in [1.807, 2.05) is 6.08 Å². The lowest BCUT2D eigenvalue weighted by Gasteiger charge is -1.99. The Morgan fingerprint density at radius 2 is 2.18 bits per heavy atom. The molecule has 0 fully saturated rings. The van der Waals surface area contributed by atoms with Crippen molar-refractivity contribution >= 4 is 11.8 Å². The molecule has 0 saturated carbocycles. The Labute approximate surface area is 72.0 Å². The van der Waals surface area contributed by atoms with Crippen molar-refractivity contribution < 1.29 is 0 Å². The van der Waals surface area contributed by atoms with Crippen LogP contribution in [-0.4, -0.2) is 6.54 Å². The second-order valence-electron chi connectivity index (χ2n) is 2.36. The van der Waals surface area contributed by atoms with Crippen LogP contribution in [0.4, 0.5) is 0 Å². The molecular formula is C9H13NS. The summed E-state index contributed by atoms with van der Waals surface area (Å²) in [5.74, 6) is 0. The summed E-state index contributed by atoms with van der Waals surface area (Å²) >= 11 is 1.79. The van der Waals surface area contributed by atoms with E-state index in [-0.39, 0.29) is 0 Å². The first-order chi connectivity index (χ1) is 5.43. The molecule has 2 heteroatoms. The molecule has 1 heterocycles. The molecule has 60 valence electrons. The Balaban J connectivity index is 2.38. The molecule has 2 N–H and O–H groups in total. The topological polar surface area (TPSA) is 26.0 Å². The third-order valence-corrected chi connectivity index (χ3v) is 2.37. The molecule has 0 amide bonds. The van der Waals surface area contributed by atoms with Gasteiger partial charge in [0, 0.05) is 0 Å². The van der Waals surface area contributed by atoms with Crippen molar-refractivity contribution in [2.24, 2.45) is 5.73 Å². The highest BCUT2D eigenvalue weighted by Gasteiger charge is 1.94. The largest absolute Gasteiger partial charge is 0.330 e. The molecule has 1 aliphatic heterocycles. The molecular weight excluding hydrogens is 154 g/mol. The van der Waals surface area contributed by atoms with Crippen LogP contribution in [0, 0.1) is 0 Å². The fraction of sp³-hybridized carbons (Fsp3) is 0.333. The van der Waals surface area contributed by atoms with Crippen LogP contribution in [0.25, 0.3) is 0 Å². The van der Waals surface area contributed by atoms with Crippen LogP contribution >= 0.6 is 11.8 Å². The molecule has 0 unspecified atom stereocenters. The van der Waals surface area contributed by atoms with E-state index in [4.69, 9.17) is 5.73 Å². The lowest BCUT2D eigenvalue weighted by Crippen LogP contribution is -1.97. The summed E-state index contributed by atoms with van der Waals surface area (Å²) < 4.78 is 0. The SMILES string of the molecule is NCCCC1=CC=CC=CS1. The molecule has 0 saturated heterocycles. The van der Waals surface area contributed by atoms with Gasteiger partial charge in [0.2, 0.25) is 0 Å². The van der Waals surface area contributed by atoms with Gasteiger partial charge in [0.1, 0.15) is 0 Å². The Bertz CT molecular complexity index is 192. The average Bonchev–Trinajstić information content (AvgIpc) is 2.28. The Morgan fingerprint density at radius 1 is 1.27 bits per heavy atom. The maximum Gasteiger partial charge on any atom is -0.00739 e. The fourth-order valence-corrected chi connectivity index (χ4v) is 1.62. The summed E-state index contributed by atoms with van der Waals surface area (Å²) in [6.07, 6.45) is 10.5. The van der Waals surface area contributed by atoms with Crippen molar-refractivity contribution in [3.05, 3.63) is 34.6 Å². The smallest absolute Gasteiger partial charge is 0.00739 e. The molecule has 0 aromatic heterocycles. The molecule has 0 aromatic carbocycles. The zero-order chi connectivity index (χ0) is 7.94. The van der Waals surface area contributed by atoms with Crippen molar-refractivity contribution in [2.45, 2.75) is 12.8 Å². The van der Waals surface area contributed by atoms with E-state index >= 15 is 0 Å². The fourth-order valence-electron chi connectivity index (χ4n) is 0.857. The number of nitrogens with two attached hydrogens (primary N) is 1. The molecule has 0 aliphatic carbocycles. The first-order valence-corrected chi connectivity index (χ1v) is 4.70. The normalized spacial score (nSPS) is 16.3. The number of hydrogen-bond donors (Lipinski definition) is 1. The minimum Gasteiger partial charge on any atom is -0.330 e. The molecule has 0 atom stereocenters. The van der Waals surface area contributed by atoms with E-state index < -0.39 is 0 Å². The van der Waals surface area contributed by atoms with Crippen LogP contribution in [0.2, 0.25) is 0 Å². The number of rotatable bonds is 3. The van der Waals surface area contributed by atoms with Gasteiger partial charge in [-0.1, -0.05) is 24.3 Å². The summed E-state index contributed by atoms with van der Waals surface area (Å²) in [5, 5.41) is 2.10. The Morgan fingerprint density at radius 3 is 3.00 bits per heavy atom. The van der Waals surface area contributed by atoms with E-state index in [0.717, 1.165) is 19.4 Å². The van der Waals surface area contributed by atoms with E-state index in [2.05, 4.69) is 23.6 Å². The predicted molar refractivity (Wildman–Crippen MR) is 52.2 cm³/mol. The van der Waals surface area contributed by atoms with Gasteiger partial charge in [-0.2, -0.15) is 0 Å². The van der Waals surface area contributed by atoms with Gasteiger partial charge >= 0.3 is 0 Å². The van der Waals surface area contributed by atoms with E-state index in [9.17, 15) is 0 Å². The first kappa shape index (κ1) is 8.62. The molecule has 0 aromatic rings. The summed E-state index contributed by atoms with van der Waals surface area (Å²) in [6, 6.07) is 0. The van der Waals surface area contributed by atoms with Crippen molar-refractivity contribution in [1.82, 2.24) is 0 Å². The van der Waals surface area contributed by atoms with Gasteiger partial charge in [-0.05, 0) is 29.7 Å². The van der Waals surface area contributed by atoms with Crippen molar-refractivity contribution in [3.63, 3.8) is 0 Å². The van der Waals surface area contributed by atoms with Crippen molar-refractivity contribution in [3.8, 4) is 0 Å². The number of thioether (sulfide) groups is 1. The van der Waals surface area contributed by atoms with Gasteiger partial charge in [-0.25, -0.2) is 0 Å². The van der Waals surface area contributed by atoms with Crippen LogP contribution in [0.3, 0.4) is 0 Å². The zero-order valence-corrected chi connectivity index (χ0v) is 7.31. The minimum absolute atomic E-state index is 0.783. The molecule has 0 bridgehead atoms. The molecule has 11 heavy (non-hydrogen) atoms. The summed E-state index contributed by atoms with van der Waals surface area (Å²) in [5.41, 5.74) is 5.41. The quantitative estimate of drug-likeness (QED) is 0.698. The van der Waals surface area contributed by atoms with E-state index in [0.29, 0.717) is 0 Å². The zero-order valence-electron chi connectivity index (χ0n) is 6.49. The third kappa shape index (κ3) is 3.44. The second kappa shape index (κ2) is 5.22. The Hall–Kier alpha value is -0.470. The lowest BCUT2D eigenvalue weighted by atomic mass is 10.3. The van der Waals surface area contributed by atoms with Crippen LogP contribution in [0.1, 0.15) is 12.8 Å². The molecule has 0 spiro atoms. The average molecular weight is 167 g/mol. The maximum atomic E-state index is 5.41. The van der Waals surface area contributed by atoms with Crippen LogP contribution in [0.15, 0.2) is 34.6 Å². The third-order valence-electron chi connectivity index (χ3n) is 1.43. The minimum atomic E-state index is 0.783. The van der Waals surface area contributed by atoms with Crippen LogP contribution in [0.5, 0.6) is 0 Å². The van der Waals surface area contributed by atoms with Gasteiger partial charge in [0.25, 0.3) is 0 Å². The molecule has 1 nitrogen and oxygen atoms in total. The van der Waals surface area contributed by atoms with Gasteiger partial charge in [0.15, 0.2) is 0 Å². The van der Waals surface area contributed by atoms with Gasteiger partial charge in [0.05, 0.1) is 0 Å². The number of hydrogen-bond acceptors (Lipinski definition) is 2. The molecule has 1 aliphatic rings. The van der Waals surface area contributed by atoms with Gasteiger partial charge in [-0.15, -0.1) is 11.8 Å². The number of allylic oxidation sites excluding steroid dienone is 5. The van der Waals surface area contributed by atoms with Crippen molar-refractivity contribution in [2.75, 3.05) is 6.54 Å². The van der Waals surface area contributed by atoms with Gasteiger partial charge < -0.3 is 5.73 Å². The Kier molecular flexibility index (Phi) is 4.09. The molecule has 0 radical (unpaired) electrons. The summed E-state index contributed by atoms with van der Waals surface area (Å²) in [6.45, 7) is 0.783. The lowest BCUT2D eigenvalue weighted by molar-refractivity contribution is 0.848. The highest BCUT2D eigenvalue weighted by Crippen LogP contribution is 2.23. The summed E-state index contributed by atoms with van der Waals surface area (Å²) in [7, 11) is 0. The van der Waals surface area contributed by atoms with Crippen molar-refractivity contribution in [1.29, 1.82) is 0 Å². The first-order valence-electron chi connectivity index (χ1n) is 3.82. The maximum absolute atomic E-state index is 5.41. The highest BCUT2D eigenvalue weighted by molar-refractivity contribution is 8.05. The van der Waals surface area contributed by atoms with Crippen LogP contribution in [-0.2, 0) is 0 Å². The monoisotopic (exact) mass is 167 g/mol. The predicted octanol–water partition coefficient (Wildman–Crippen LogP) is 2.43. The van der Waals surface area contributed by atoms with E-state index in [1.165, 1.54) is 4.91 Å². The summed E-state index contributed by atoms with van der Waals surface area (Å²) in [4.78, 5) is 1.40.